The van der Waals surface area contributed by atoms with Gasteiger partial charge in [0.05, 0.1) is 5.56 Å². The summed E-state index contributed by atoms with van der Waals surface area (Å²) >= 11 is 0. The largest absolute Gasteiger partial charge is 0.418 e. The Bertz CT molecular complexity index is 503. The average molecular weight is 297 g/mol. The van der Waals surface area contributed by atoms with Gasteiger partial charge in [0, 0.05) is 18.2 Å². The van der Waals surface area contributed by atoms with Crippen LogP contribution in [0.5, 0.6) is 0 Å². The Morgan fingerprint density at radius 2 is 1.86 bits per heavy atom. The van der Waals surface area contributed by atoms with E-state index < -0.39 is 11.7 Å². The minimum Gasteiger partial charge on any atom is -0.384 e. The maximum atomic E-state index is 13.1. The fourth-order valence-electron chi connectivity index (χ4n) is 4.09. The molecule has 1 aromatic carbocycles. The SMILES string of the molecule is CC(C1CCCCC1)C1CNc2c1cccc2C(F)(F)F. The van der Waals surface area contributed by atoms with Crippen LogP contribution in [0.15, 0.2) is 18.2 Å². The van der Waals surface area contributed by atoms with Crippen LogP contribution >= 0.6 is 0 Å². The smallest absolute Gasteiger partial charge is 0.384 e. The van der Waals surface area contributed by atoms with E-state index in [2.05, 4.69) is 12.2 Å². The molecule has 1 heterocycles. The van der Waals surface area contributed by atoms with E-state index in [-0.39, 0.29) is 5.92 Å². The summed E-state index contributed by atoms with van der Waals surface area (Å²) in [5.74, 6) is 1.32. The van der Waals surface area contributed by atoms with E-state index in [4.69, 9.17) is 0 Å². The highest BCUT2D eigenvalue weighted by atomic mass is 19.4. The Kier molecular flexibility index (Phi) is 3.89. The number of benzene rings is 1. The molecule has 1 aliphatic heterocycles. The number of halogens is 3. The van der Waals surface area contributed by atoms with Crippen LogP contribution < -0.4 is 5.32 Å². The first-order chi connectivity index (χ1) is 9.98. The fourth-order valence-corrected chi connectivity index (χ4v) is 4.09. The van der Waals surface area contributed by atoms with Gasteiger partial charge in [-0.15, -0.1) is 0 Å². The van der Waals surface area contributed by atoms with Gasteiger partial charge < -0.3 is 5.32 Å². The third-order valence-electron chi connectivity index (χ3n) is 5.33. The van der Waals surface area contributed by atoms with Gasteiger partial charge in [-0.25, -0.2) is 0 Å². The van der Waals surface area contributed by atoms with Gasteiger partial charge >= 0.3 is 6.18 Å². The van der Waals surface area contributed by atoms with Crippen molar-refractivity contribution in [3.05, 3.63) is 29.3 Å². The van der Waals surface area contributed by atoms with Crippen LogP contribution in [0.3, 0.4) is 0 Å². The van der Waals surface area contributed by atoms with Crippen LogP contribution in [0.2, 0.25) is 0 Å². The molecule has 0 aromatic heterocycles. The molecule has 0 spiro atoms. The third kappa shape index (κ3) is 2.77. The lowest BCUT2D eigenvalue weighted by atomic mass is 9.73. The molecule has 4 heteroatoms. The van der Waals surface area contributed by atoms with Crippen LogP contribution in [-0.2, 0) is 6.18 Å². The highest BCUT2D eigenvalue weighted by molar-refractivity contribution is 5.64. The molecule has 116 valence electrons. The molecule has 1 aromatic rings. The van der Waals surface area contributed by atoms with Gasteiger partial charge in [0.2, 0.25) is 0 Å². The van der Waals surface area contributed by atoms with E-state index in [1.807, 2.05) is 6.07 Å². The van der Waals surface area contributed by atoms with Crippen molar-refractivity contribution in [3.63, 3.8) is 0 Å². The number of para-hydroxylation sites is 1. The second-order valence-corrected chi connectivity index (χ2v) is 6.51. The Morgan fingerprint density at radius 3 is 2.52 bits per heavy atom. The molecule has 2 atom stereocenters. The molecule has 2 unspecified atom stereocenters. The van der Waals surface area contributed by atoms with Crippen molar-refractivity contribution in [3.8, 4) is 0 Å². The highest BCUT2D eigenvalue weighted by Crippen LogP contribution is 2.47. The van der Waals surface area contributed by atoms with Gasteiger partial charge in [0.15, 0.2) is 0 Å². The molecule has 21 heavy (non-hydrogen) atoms. The predicted molar refractivity (Wildman–Crippen MR) is 78.4 cm³/mol. The zero-order valence-corrected chi connectivity index (χ0v) is 12.3. The quantitative estimate of drug-likeness (QED) is 0.767. The van der Waals surface area contributed by atoms with Gasteiger partial charge in [-0.1, -0.05) is 51.2 Å². The van der Waals surface area contributed by atoms with E-state index >= 15 is 0 Å². The van der Waals surface area contributed by atoms with Gasteiger partial charge in [-0.2, -0.15) is 13.2 Å². The molecule has 3 rings (SSSR count). The van der Waals surface area contributed by atoms with Crippen LogP contribution in [0.25, 0.3) is 0 Å². The minimum atomic E-state index is -4.28. The predicted octanol–water partition coefficient (Wildman–Crippen LogP) is 5.43. The molecule has 0 amide bonds. The Morgan fingerprint density at radius 1 is 1.14 bits per heavy atom. The summed E-state index contributed by atoms with van der Waals surface area (Å²) in [4.78, 5) is 0. The normalized spacial score (nSPS) is 24.5. The second kappa shape index (κ2) is 5.54. The lowest BCUT2D eigenvalue weighted by Gasteiger charge is -2.31. The molecule has 0 radical (unpaired) electrons. The summed E-state index contributed by atoms with van der Waals surface area (Å²) in [6, 6.07) is 4.60. The Labute approximate surface area is 123 Å². The van der Waals surface area contributed by atoms with Crippen molar-refractivity contribution < 1.29 is 13.2 Å². The van der Waals surface area contributed by atoms with Crippen LogP contribution in [0.4, 0.5) is 18.9 Å². The van der Waals surface area contributed by atoms with Gasteiger partial charge in [0.1, 0.15) is 0 Å². The van der Waals surface area contributed by atoms with Crippen molar-refractivity contribution in [1.82, 2.24) is 0 Å². The number of anilines is 1. The first-order valence-corrected chi connectivity index (χ1v) is 7.92. The van der Waals surface area contributed by atoms with E-state index in [0.717, 1.165) is 5.56 Å². The van der Waals surface area contributed by atoms with Crippen molar-refractivity contribution >= 4 is 5.69 Å². The number of rotatable bonds is 2. The lowest BCUT2D eigenvalue weighted by molar-refractivity contribution is -0.136. The number of fused-ring (bicyclic) bond motifs is 1. The highest BCUT2D eigenvalue weighted by Gasteiger charge is 2.39. The summed E-state index contributed by atoms with van der Waals surface area (Å²) in [5, 5.41) is 3.03. The van der Waals surface area contributed by atoms with E-state index in [9.17, 15) is 13.2 Å². The summed E-state index contributed by atoms with van der Waals surface area (Å²) in [6.45, 7) is 2.86. The van der Waals surface area contributed by atoms with E-state index in [1.54, 1.807) is 6.07 Å². The summed E-state index contributed by atoms with van der Waals surface area (Å²) < 4.78 is 39.3. The van der Waals surface area contributed by atoms with E-state index in [0.29, 0.717) is 24.1 Å². The van der Waals surface area contributed by atoms with Crippen molar-refractivity contribution in [2.75, 3.05) is 11.9 Å². The molecule has 1 nitrogen and oxygen atoms in total. The molecule has 1 N–H and O–H groups in total. The summed E-state index contributed by atoms with van der Waals surface area (Å²) in [5.41, 5.74) is 0.666. The number of hydrogen-bond acceptors (Lipinski definition) is 1. The zero-order valence-electron chi connectivity index (χ0n) is 12.3. The number of nitrogens with one attached hydrogen (secondary N) is 1. The molecule has 1 saturated carbocycles. The number of hydrogen-bond donors (Lipinski definition) is 1. The Hall–Kier alpha value is -1.19. The molecule has 0 saturated heterocycles. The topological polar surface area (TPSA) is 12.0 Å². The zero-order chi connectivity index (χ0) is 15.0. The third-order valence-corrected chi connectivity index (χ3v) is 5.33. The lowest BCUT2D eigenvalue weighted by Crippen LogP contribution is -2.23. The van der Waals surface area contributed by atoms with Crippen LogP contribution in [0.1, 0.15) is 56.1 Å². The standard InChI is InChI=1S/C17H22F3N/c1-11(12-6-3-2-4-7-12)14-10-21-16-13(14)8-5-9-15(16)17(18,19)20/h5,8-9,11-12,14,21H,2-4,6-7,10H2,1H3. The van der Waals surface area contributed by atoms with Gasteiger partial charge in [-0.05, 0) is 23.5 Å². The maximum Gasteiger partial charge on any atom is 0.418 e. The molecular weight excluding hydrogens is 275 g/mol. The molecule has 0 bridgehead atoms. The fraction of sp³-hybridized carbons (Fsp3) is 0.647. The summed E-state index contributed by atoms with van der Waals surface area (Å²) in [7, 11) is 0. The maximum absolute atomic E-state index is 13.1. The second-order valence-electron chi connectivity index (χ2n) is 6.51. The molecule has 1 aliphatic carbocycles. The first-order valence-electron chi connectivity index (χ1n) is 7.92. The van der Waals surface area contributed by atoms with Gasteiger partial charge in [-0.3, -0.25) is 0 Å². The Balaban J connectivity index is 1.86. The van der Waals surface area contributed by atoms with Crippen molar-refractivity contribution in [1.29, 1.82) is 0 Å². The first kappa shape index (κ1) is 14.7. The monoisotopic (exact) mass is 297 g/mol. The molecule has 1 fully saturated rings. The average Bonchev–Trinajstić information content (AvgIpc) is 2.90. The van der Waals surface area contributed by atoms with Crippen molar-refractivity contribution in [2.24, 2.45) is 11.8 Å². The molecular formula is C17H22F3N. The van der Waals surface area contributed by atoms with Crippen molar-refractivity contribution in [2.45, 2.75) is 51.1 Å². The van der Waals surface area contributed by atoms with Crippen LogP contribution in [0, 0.1) is 11.8 Å². The van der Waals surface area contributed by atoms with Gasteiger partial charge in [0.25, 0.3) is 0 Å². The minimum absolute atomic E-state index is 0.213. The van der Waals surface area contributed by atoms with Crippen LogP contribution in [-0.4, -0.2) is 6.54 Å². The summed E-state index contributed by atoms with van der Waals surface area (Å²) in [6.07, 6.45) is 2.02. The number of alkyl halides is 3. The molecule has 2 aliphatic rings. The van der Waals surface area contributed by atoms with E-state index in [1.165, 1.54) is 38.2 Å².